The highest BCUT2D eigenvalue weighted by Gasteiger charge is 2.12. The van der Waals surface area contributed by atoms with Crippen LogP contribution in [-0.2, 0) is 6.61 Å². The molecule has 4 rings (SSSR count). The number of oxime groups is 1. The molecule has 0 radical (unpaired) electrons. The van der Waals surface area contributed by atoms with Crippen LogP contribution in [0.25, 0.3) is 22.3 Å². The second-order valence-electron chi connectivity index (χ2n) is 5.94. The molecule has 0 fully saturated rings. The Morgan fingerprint density at radius 2 is 1.48 bits per heavy atom. The lowest BCUT2D eigenvalue weighted by molar-refractivity contribution is 0.300. The summed E-state index contributed by atoms with van der Waals surface area (Å²) in [6.45, 7) is 0.248. The van der Waals surface area contributed by atoms with Gasteiger partial charge >= 0.3 is 0 Å². The molecule has 3 aromatic carbocycles. The summed E-state index contributed by atoms with van der Waals surface area (Å²) in [6, 6.07) is 25.1. The van der Waals surface area contributed by atoms with E-state index >= 15 is 0 Å². The highest BCUT2D eigenvalue weighted by atomic mass is 16.5. The number of benzene rings is 3. The third-order valence-electron chi connectivity index (χ3n) is 4.17. The van der Waals surface area contributed by atoms with E-state index < -0.39 is 0 Å². The van der Waals surface area contributed by atoms with Gasteiger partial charge in [-0.15, -0.1) is 0 Å². The number of para-hydroxylation sites is 3. The van der Waals surface area contributed by atoms with Crippen molar-refractivity contribution in [1.29, 1.82) is 0 Å². The standard InChI is InChI=1S/C22H17N3O2/c26-23-14-17-10-4-7-13-21(17)27-15-20-22(16-8-2-1-3-9-16)25-19-12-6-5-11-18(19)24-20/h1-14,26H,15H2/b23-14-. The Labute approximate surface area is 156 Å². The summed E-state index contributed by atoms with van der Waals surface area (Å²) < 4.78 is 5.98. The van der Waals surface area contributed by atoms with E-state index in [9.17, 15) is 0 Å². The topological polar surface area (TPSA) is 67.6 Å². The number of rotatable bonds is 5. The van der Waals surface area contributed by atoms with Gasteiger partial charge in [-0.1, -0.05) is 59.8 Å². The van der Waals surface area contributed by atoms with Crippen LogP contribution < -0.4 is 4.74 Å². The van der Waals surface area contributed by atoms with Gasteiger partial charge in [0, 0.05) is 11.1 Å². The SMILES string of the molecule is O/N=C\c1ccccc1OCc1nc2ccccc2nc1-c1ccccc1. The van der Waals surface area contributed by atoms with Gasteiger partial charge in [0.2, 0.25) is 0 Å². The second-order valence-corrected chi connectivity index (χ2v) is 5.94. The molecule has 0 atom stereocenters. The lowest BCUT2D eigenvalue weighted by Crippen LogP contribution is -2.05. The van der Waals surface area contributed by atoms with E-state index in [1.807, 2.05) is 78.9 Å². The van der Waals surface area contributed by atoms with Crippen LogP contribution in [0.4, 0.5) is 0 Å². The fourth-order valence-electron chi connectivity index (χ4n) is 2.89. The zero-order valence-corrected chi connectivity index (χ0v) is 14.5. The highest BCUT2D eigenvalue weighted by molar-refractivity contribution is 5.83. The van der Waals surface area contributed by atoms with Crippen molar-refractivity contribution in [2.45, 2.75) is 6.61 Å². The van der Waals surface area contributed by atoms with Crippen molar-refractivity contribution in [3.8, 4) is 17.0 Å². The van der Waals surface area contributed by atoms with Crippen LogP contribution >= 0.6 is 0 Å². The van der Waals surface area contributed by atoms with Gasteiger partial charge < -0.3 is 9.94 Å². The van der Waals surface area contributed by atoms with Crippen LogP contribution in [0.15, 0.2) is 84.0 Å². The van der Waals surface area contributed by atoms with Crippen molar-refractivity contribution < 1.29 is 9.94 Å². The van der Waals surface area contributed by atoms with E-state index in [4.69, 9.17) is 19.9 Å². The Kier molecular flexibility index (Phi) is 4.74. The normalized spacial score (nSPS) is 11.1. The van der Waals surface area contributed by atoms with Gasteiger partial charge in [0.1, 0.15) is 18.1 Å². The smallest absolute Gasteiger partial charge is 0.132 e. The number of ether oxygens (including phenoxy) is 1. The van der Waals surface area contributed by atoms with E-state index in [-0.39, 0.29) is 6.61 Å². The monoisotopic (exact) mass is 355 g/mol. The molecule has 4 aromatic rings. The van der Waals surface area contributed by atoms with Crippen LogP contribution in [-0.4, -0.2) is 21.4 Å². The molecule has 0 bridgehead atoms. The second kappa shape index (κ2) is 7.66. The molecule has 0 aliphatic rings. The zero-order valence-electron chi connectivity index (χ0n) is 14.5. The molecule has 0 unspecified atom stereocenters. The zero-order chi connectivity index (χ0) is 18.5. The first-order valence-electron chi connectivity index (χ1n) is 8.55. The van der Waals surface area contributed by atoms with Crippen LogP contribution in [0.2, 0.25) is 0 Å². The van der Waals surface area contributed by atoms with Crippen molar-refractivity contribution in [1.82, 2.24) is 9.97 Å². The molecule has 5 heteroatoms. The Morgan fingerprint density at radius 1 is 0.815 bits per heavy atom. The lowest BCUT2D eigenvalue weighted by atomic mass is 10.1. The Hall–Kier alpha value is -3.73. The van der Waals surface area contributed by atoms with E-state index in [0.717, 1.165) is 28.0 Å². The largest absolute Gasteiger partial charge is 0.487 e. The van der Waals surface area contributed by atoms with Gasteiger partial charge in [0.05, 0.1) is 22.9 Å². The summed E-state index contributed by atoms with van der Waals surface area (Å²) in [5.74, 6) is 0.615. The first kappa shape index (κ1) is 16.7. The summed E-state index contributed by atoms with van der Waals surface area (Å²) in [4.78, 5) is 9.58. The maximum Gasteiger partial charge on any atom is 0.132 e. The van der Waals surface area contributed by atoms with E-state index in [0.29, 0.717) is 11.3 Å². The maximum atomic E-state index is 8.83. The van der Waals surface area contributed by atoms with Gasteiger partial charge in [-0.05, 0) is 24.3 Å². The average Bonchev–Trinajstić information content (AvgIpc) is 2.73. The maximum absolute atomic E-state index is 8.83. The van der Waals surface area contributed by atoms with Gasteiger partial charge in [0.25, 0.3) is 0 Å². The molecular formula is C22H17N3O2. The summed E-state index contributed by atoms with van der Waals surface area (Å²) in [7, 11) is 0. The summed E-state index contributed by atoms with van der Waals surface area (Å²) in [6.07, 6.45) is 1.35. The summed E-state index contributed by atoms with van der Waals surface area (Å²) in [5.41, 5.74) is 4.88. The predicted octanol–water partition coefficient (Wildman–Crippen LogP) is 4.68. The van der Waals surface area contributed by atoms with Crippen molar-refractivity contribution in [2.75, 3.05) is 0 Å². The molecule has 5 nitrogen and oxygen atoms in total. The summed E-state index contributed by atoms with van der Waals surface area (Å²) >= 11 is 0. The van der Waals surface area contributed by atoms with E-state index in [2.05, 4.69) is 5.16 Å². The van der Waals surface area contributed by atoms with Crippen molar-refractivity contribution >= 4 is 17.2 Å². The Morgan fingerprint density at radius 3 is 2.26 bits per heavy atom. The molecule has 1 N–H and O–H groups in total. The molecular weight excluding hydrogens is 338 g/mol. The number of hydrogen-bond donors (Lipinski definition) is 1. The number of aromatic nitrogens is 2. The van der Waals surface area contributed by atoms with Gasteiger partial charge in [-0.3, -0.25) is 0 Å². The first-order chi connectivity index (χ1) is 13.3. The van der Waals surface area contributed by atoms with Gasteiger partial charge in [0.15, 0.2) is 0 Å². The molecule has 27 heavy (non-hydrogen) atoms. The molecule has 0 saturated carbocycles. The van der Waals surface area contributed by atoms with Gasteiger partial charge in [-0.25, -0.2) is 9.97 Å². The molecule has 1 aromatic heterocycles. The minimum absolute atomic E-state index is 0.248. The van der Waals surface area contributed by atoms with Crippen LogP contribution in [0, 0.1) is 0 Å². The fourth-order valence-corrected chi connectivity index (χ4v) is 2.89. The molecule has 1 heterocycles. The minimum atomic E-state index is 0.248. The molecule has 0 amide bonds. The molecule has 0 aliphatic carbocycles. The van der Waals surface area contributed by atoms with E-state index in [1.165, 1.54) is 6.21 Å². The van der Waals surface area contributed by atoms with Crippen molar-refractivity contribution in [3.63, 3.8) is 0 Å². The Bertz CT molecular complexity index is 1090. The van der Waals surface area contributed by atoms with Crippen LogP contribution in [0.1, 0.15) is 11.3 Å². The third-order valence-corrected chi connectivity index (χ3v) is 4.17. The Balaban J connectivity index is 1.74. The van der Waals surface area contributed by atoms with Crippen LogP contribution in [0.5, 0.6) is 5.75 Å². The summed E-state index contributed by atoms with van der Waals surface area (Å²) in [5, 5.41) is 11.9. The van der Waals surface area contributed by atoms with Crippen LogP contribution in [0.3, 0.4) is 0 Å². The molecule has 0 saturated heterocycles. The lowest BCUT2D eigenvalue weighted by Gasteiger charge is -2.12. The average molecular weight is 355 g/mol. The van der Waals surface area contributed by atoms with Crippen molar-refractivity contribution in [2.24, 2.45) is 5.16 Å². The number of nitrogens with zero attached hydrogens (tertiary/aromatic N) is 3. The minimum Gasteiger partial charge on any atom is -0.487 e. The molecule has 0 aliphatic heterocycles. The number of hydrogen-bond acceptors (Lipinski definition) is 5. The van der Waals surface area contributed by atoms with E-state index in [1.54, 1.807) is 0 Å². The van der Waals surface area contributed by atoms with Crippen molar-refractivity contribution in [3.05, 3.63) is 90.1 Å². The molecule has 0 spiro atoms. The molecule has 132 valence electrons. The first-order valence-corrected chi connectivity index (χ1v) is 8.55. The quantitative estimate of drug-likeness (QED) is 0.320. The highest BCUT2D eigenvalue weighted by Crippen LogP contribution is 2.25. The number of fused-ring (bicyclic) bond motifs is 1. The fraction of sp³-hybridized carbons (Fsp3) is 0.0455. The predicted molar refractivity (Wildman–Crippen MR) is 105 cm³/mol. The third kappa shape index (κ3) is 3.62. The van der Waals surface area contributed by atoms with Gasteiger partial charge in [-0.2, -0.15) is 0 Å².